The van der Waals surface area contributed by atoms with Crippen LogP contribution >= 0.6 is 12.2 Å². The lowest BCUT2D eigenvalue weighted by Gasteiger charge is -2.09. The third kappa shape index (κ3) is 2.95. The summed E-state index contributed by atoms with van der Waals surface area (Å²) >= 11 is 4.62. The molecular weight excluding hydrogens is 287 g/mol. The first-order valence-electron chi connectivity index (χ1n) is 4.91. The van der Waals surface area contributed by atoms with E-state index in [1.165, 1.54) is 0 Å². The average molecular weight is 292 g/mol. The molecule has 1 heterocycles. The molecule has 8 heteroatoms. The van der Waals surface area contributed by atoms with Crippen molar-refractivity contribution in [3.8, 4) is 11.3 Å². The SMILES string of the molecule is Fc1ccc(-c2cc(=S)nc(C(F)(F)F)[nH]2)cc1F. The third-order valence-electron chi connectivity index (χ3n) is 2.24. The van der Waals surface area contributed by atoms with Gasteiger partial charge in [0.25, 0.3) is 0 Å². The Kier molecular flexibility index (Phi) is 3.36. The van der Waals surface area contributed by atoms with Crippen LogP contribution in [0, 0.1) is 16.3 Å². The molecule has 0 radical (unpaired) electrons. The molecule has 2 rings (SSSR count). The molecule has 1 aromatic carbocycles. The predicted octanol–water partition coefficient (Wildman–Crippen LogP) is 4.10. The van der Waals surface area contributed by atoms with Gasteiger partial charge in [-0.3, -0.25) is 0 Å². The van der Waals surface area contributed by atoms with Crippen molar-refractivity contribution in [2.45, 2.75) is 6.18 Å². The van der Waals surface area contributed by atoms with Crippen LogP contribution in [-0.4, -0.2) is 9.97 Å². The van der Waals surface area contributed by atoms with Crippen molar-refractivity contribution >= 4 is 12.2 Å². The fourth-order valence-electron chi connectivity index (χ4n) is 1.41. The van der Waals surface area contributed by atoms with Gasteiger partial charge in [-0.1, -0.05) is 12.2 Å². The zero-order valence-electron chi connectivity index (χ0n) is 9.05. The minimum atomic E-state index is -4.71. The second-order valence-corrected chi connectivity index (χ2v) is 4.03. The Morgan fingerprint density at radius 1 is 1.05 bits per heavy atom. The minimum Gasteiger partial charge on any atom is -0.335 e. The molecule has 19 heavy (non-hydrogen) atoms. The van der Waals surface area contributed by atoms with E-state index in [4.69, 9.17) is 0 Å². The molecule has 0 unspecified atom stereocenters. The molecule has 0 aliphatic heterocycles. The smallest absolute Gasteiger partial charge is 0.335 e. The van der Waals surface area contributed by atoms with E-state index in [0.29, 0.717) is 0 Å². The summed E-state index contributed by atoms with van der Waals surface area (Å²) in [5.41, 5.74) is -0.0517. The van der Waals surface area contributed by atoms with Crippen LogP contribution in [-0.2, 0) is 6.18 Å². The molecule has 0 aliphatic carbocycles. The molecule has 0 bridgehead atoms. The number of rotatable bonds is 1. The predicted molar refractivity (Wildman–Crippen MR) is 59.8 cm³/mol. The highest BCUT2D eigenvalue weighted by Gasteiger charge is 2.34. The summed E-state index contributed by atoms with van der Waals surface area (Å²) < 4.78 is 63.1. The topological polar surface area (TPSA) is 28.7 Å². The van der Waals surface area contributed by atoms with Gasteiger partial charge in [-0.15, -0.1) is 0 Å². The minimum absolute atomic E-state index is 0.0397. The number of hydrogen-bond acceptors (Lipinski definition) is 2. The van der Waals surface area contributed by atoms with E-state index < -0.39 is 23.6 Å². The summed E-state index contributed by atoms with van der Waals surface area (Å²) in [6.45, 7) is 0. The standard InChI is InChI=1S/C11H5F5N2S/c12-6-2-1-5(3-7(6)13)8-4-9(19)18-10(17-8)11(14,15)16/h1-4H,(H,17,18,19). The lowest BCUT2D eigenvalue weighted by molar-refractivity contribution is -0.144. The van der Waals surface area contributed by atoms with Gasteiger partial charge in [0.1, 0.15) is 4.64 Å². The highest BCUT2D eigenvalue weighted by molar-refractivity contribution is 7.71. The lowest BCUT2D eigenvalue weighted by atomic mass is 10.1. The van der Waals surface area contributed by atoms with Crippen LogP contribution < -0.4 is 0 Å². The Labute approximate surface area is 108 Å². The largest absolute Gasteiger partial charge is 0.449 e. The van der Waals surface area contributed by atoms with Crippen LogP contribution in [0.4, 0.5) is 22.0 Å². The van der Waals surface area contributed by atoms with Crippen molar-refractivity contribution in [3.63, 3.8) is 0 Å². The van der Waals surface area contributed by atoms with Crippen molar-refractivity contribution in [1.29, 1.82) is 0 Å². The number of alkyl halides is 3. The van der Waals surface area contributed by atoms with Gasteiger partial charge in [-0.2, -0.15) is 13.2 Å². The molecule has 0 atom stereocenters. The first-order chi connectivity index (χ1) is 8.77. The van der Waals surface area contributed by atoms with Crippen LogP contribution in [0.1, 0.15) is 5.82 Å². The van der Waals surface area contributed by atoms with Crippen molar-refractivity contribution in [1.82, 2.24) is 9.97 Å². The monoisotopic (exact) mass is 292 g/mol. The zero-order valence-corrected chi connectivity index (χ0v) is 9.87. The summed E-state index contributed by atoms with van der Waals surface area (Å²) in [6, 6.07) is 3.86. The number of nitrogens with one attached hydrogen (secondary N) is 1. The van der Waals surface area contributed by atoms with E-state index in [0.717, 1.165) is 24.3 Å². The molecular formula is C11H5F5N2S. The van der Waals surface area contributed by atoms with Gasteiger partial charge in [-0.05, 0) is 24.3 Å². The molecule has 0 aliphatic rings. The number of halogens is 5. The molecule has 100 valence electrons. The number of benzene rings is 1. The van der Waals surface area contributed by atoms with Crippen LogP contribution in [0.3, 0.4) is 0 Å². The fourth-order valence-corrected chi connectivity index (χ4v) is 1.62. The first-order valence-corrected chi connectivity index (χ1v) is 5.32. The third-order valence-corrected chi connectivity index (χ3v) is 2.45. The molecule has 1 N–H and O–H groups in total. The Bertz CT molecular complexity index is 678. The van der Waals surface area contributed by atoms with Gasteiger partial charge in [0.05, 0.1) is 5.69 Å². The highest BCUT2D eigenvalue weighted by atomic mass is 32.1. The van der Waals surface area contributed by atoms with E-state index in [9.17, 15) is 22.0 Å². The van der Waals surface area contributed by atoms with Gasteiger partial charge < -0.3 is 4.98 Å². The van der Waals surface area contributed by atoms with Gasteiger partial charge in [0.2, 0.25) is 5.82 Å². The number of aromatic nitrogens is 2. The van der Waals surface area contributed by atoms with Crippen molar-refractivity contribution in [3.05, 3.63) is 46.4 Å². The Morgan fingerprint density at radius 2 is 1.74 bits per heavy atom. The second-order valence-electron chi connectivity index (χ2n) is 3.61. The fraction of sp³-hybridized carbons (Fsp3) is 0.0909. The van der Waals surface area contributed by atoms with Gasteiger partial charge in [0, 0.05) is 5.56 Å². The number of nitrogens with zero attached hydrogens (tertiary/aromatic N) is 1. The number of aromatic amines is 1. The molecule has 1 aromatic heterocycles. The van der Waals surface area contributed by atoms with Crippen molar-refractivity contribution < 1.29 is 22.0 Å². The highest BCUT2D eigenvalue weighted by Crippen LogP contribution is 2.28. The van der Waals surface area contributed by atoms with E-state index in [2.05, 4.69) is 17.2 Å². The lowest BCUT2D eigenvalue weighted by Crippen LogP contribution is -2.11. The molecule has 2 nitrogen and oxygen atoms in total. The molecule has 0 saturated heterocycles. The van der Waals surface area contributed by atoms with Crippen molar-refractivity contribution in [2.75, 3.05) is 0 Å². The van der Waals surface area contributed by atoms with Crippen LogP contribution in [0.25, 0.3) is 11.3 Å². The molecule has 0 saturated carbocycles. The Morgan fingerprint density at radius 3 is 2.32 bits per heavy atom. The van der Waals surface area contributed by atoms with E-state index in [1.54, 1.807) is 0 Å². The molecule has 2 aromatic rings. The summed E-state index contributed by atoms with van der Waals surface area (Å²) in [7, 11) is 0. The number of hydrogen-bond donors (Lipinski definition) is 1. The molecule has 0 fully saturated rings. The normalized spacial score (nSPS) is 11.6. The van der Waals surface area contributed by atoms with Crippen LogP contribution in [0.5, 0.6) is 0 Å². The van der Waals surface area contributed by atoms with Crippen LogP contribution in [0.15, 0.2) is 24.3 Å². The van der Waals surface area contributed by atoms with Gasteiger partial charge >= 0.3 is 6.18 Å². The summed E-state index contributed by atoms with van der Waals surface area (Å²) in [4.78, 5) is 5.13. The summed E-state index contributed by atoms with van der Waals surface area (Å²) in [5, 5.41) is 0. The maximum Gasteiger partial charge on any atom is 0.449 e. The molecule has 0 spiro atoms. The van der Waals surface area contributed by atoms with Crippen molar-refractivity contribution in [2.24, 2.45) is 0 Å². The summed E-state index contributed by atoms with van der Waals surface area (Å²) in [5.74, 6) is -3.55. The maximum atomic E-state index is 13.0. The summed E-state index contributed by atoms with van der Waals surface area (Å²) in [6.07, 6.45) is -4.71. The van der Waals surface area contributed by atoms with E-state index in [1.807, 2.05) is 4.98 Å². The maximum absolute atomic E-state index is 13.0. The first kappa shape index (κ1) is 13.6. The number of H-pyrrole nitrogens is 1. The van der Waals surface area contributed by atoms with E-state index >= 15 is 0 Å². The van der Waals surface area contributed by atoms with Gasteiger partial charge in [0.15, 0.2) is 11.6 Å². The van der Waals surface area contributed by atoms with Gasteiger partial charge in [-0.25, -0.2) is 13.8 Å². The average Bonchev–Trinajstić information content (AvgIpc) is 2.31. The zero-order chi connectivity index (χ0) is 14.2. The second kappa shape index (κ2) is 4.69. The van der Waals surface area contributed by atoms with E-state index in [-0.39, 0.29) is 15.9 Å². The quantitative estimate of drug-likeness (QED) is 0.633. The Balaban J connectivity index is 2.59. The Hall–Kier alpha value is -1.83. The van der Waals surface area contributed by atoms with Crippen LogP contribution in [0.2, 0.25) is 0 Å². The molecule has 0 amide bonds.